The molecule has 0 saturated carbocycles. The van der Waals surface area contributed by atoms with Crippen LogP contribution in [0.4, 0.5) is 14.5 Å². The lowest BCUT2D eigenvalue weighted by molar-refractivity contribution is 0.154. The first-order valence-electron chi connectivity index (χ1n) is 12.2. The van der Waals surface area contributed by atoms with Gasteiger partial charge in [-0.15, -0.1) is 0 Å². The highest BCUT2D eigenvalue weighted by atomic mass is 19.1. The summed E-state index contributed by atoms with van der Waals surface area (Å²) in [5.74, 6) is 0.263. The molecule has 200 valence electrons. The van der Waals surface area contributed by atoms with E-state index in [0.29, 0.717) is 34.2 Å². The molecule has 10 nitrogen and oxygen atoms in total. The van der Waals surface area contributed by atoms with Crippen LogP contribution in [0.15, 0.2) is 72.8 Å². The Balaban J connectivity index is 0.000000158. The predicted octanol–water partition coefficient (Wildman–Crippen LogP) is 3.81. The van der Waals surface area contributed by atoms with Gasteiger partial charge in [0.05, 0.1) is 29.3 Å². The van der Waals surface area contributed by atoms with Crippen molar-refractivity contribution in [3.05, 3.63) is 79.3 Å². The normalized spacial score (nSPS) is 18.8. The van der Waals surface area contributed by atoms with Crippen molar-refractivity contribution in [1.82, 2.24) is 38.6 Å². The van der Waals surface area contributed by atoms with Crippen LogP contribution in [0.1, 0.15) is 12.6 Å². The molecule has 6 heterocycles. The van der Waals surface area contributed by atoms with Crippen LogP contribution in [0.3, 0.4) is 0 Å². The molecule has 0 N–H and O–H groups in total. The van der Waals surface area contributed by atoms with E-state index in [1.807, 2.05) is 31.3 Å². The molecule has 0 aromatic carbocycles. The standard InChI is InChI=1S/C14H16FN5.C13H12FN5/c1-14(15)7-10(17-8-12(14)19(2)3)11-9-20-6-4-5-16-13(20)18-11;1-18(2)12-6-16-10(5-9(12)14)11-7-19-8-15-4-3-13(19)17-11/h4-9,12H,1-3H3;3-8H,1-2H3. The molecule has 0 amide bonds. The van der Waals surface area contributed by atoms with Gasteiger partial charge < -0.3 is 4.90 Å². The van der Waals surface area contributed by atoms with E-state index in [1.54, 1.807) is 78.1 Å². The van der Waals surface area contributed by atoms with Crippen LogP contribution in [-0.2, 0) is 0 Å². The number of fused-ring (bicyclic) bond motifs is 2. The molecule has 39 heavy (non-hydrogen) atoms. The summed E-state index contributed by atoms with van der Waals surface area (Å²) < 4.78 is 32.2. The molecule has 6 rings (SSSR count). The van der Waals surface area contributed by atoms with Gasteiger partial charge in [0.1, 0.15) is 34.8 Å². The van der Waals surface area contributed by atoms with Crippen LogP contribution in [0.5, 0.6) is 0 Å². The van der Waals surface area contributed by atoms with Gasteiger partial charge in [-0.05, 0) is 39.2 Å². The summed E-state index contributed by atoms with van der Waals surface area (Å²) in [6, 6.07) is 4.62. The first-order valence-corrected chi connectivity index (χ1v) is 12.2. The first-order chi connectivity index (χ1) is 18.6. The zero-order valence-electron chi connectivity index (χ0n) is 22.2. The molecule has 1 aliphatic heterocycles. The van der Waals surface area contributed by atoms with Gasteiger partial charge in [-0.3, -0.25) is 23.7 Å². The maximum Gasteiger partial charge on any atom is 0.234 e. The van der Waals surface area contributed by atoms with E-state index < -0.39 is 5.67 Å². The molecule has 5 aromatic rings. The Morgan fingerprint density at radius 3 is 2.44 bits per heavy atom. The highest BCUT2D eigenvalue weighted by Gasteiger charge is 2.36. The minimum Gasteiger partial charge on any atom is -0.374 e. The Morgan fingerprint density at radius 1 is 0.974 bits per heavy atom. The Kier molecular flexibility index (Phi) is 6.87. The third kappa shape index (κ3) is 5.36. The summed E-state index contributed by atoms with van der Waals surface area (Å²) in [7, 11) is 7.22. The number of alkyl halides is 1. The van der Waals surface area contributed by atoms with Gasteiger partial charge in [0.15, 0.2) is 0 Å². The van der Waals surface area contributed by atoms with Gasteiger partial charge in [-0.1, -0.05) is 0 Å². The average Bonchev–Trinajstić information content (AvgIpc) is 3.52. The topological polar surface area (TPSA) is 92.1 Å². The fourth-order valence-corrected chi connectivity index (χ4v) is 4.28. The van der Waals surface area contributed by atoms with E-state index in [-0.39, 0.29) is 11.9 Å². The number of aromatic nitrogens is 7. The van der Waals surface area contributed by atoms with Crippen molar-refractivity contribution in [3.63, 3.8) is 0 Å². The molecule has 0 radical (unpaired) electrons. The van der Waals surface area contributed by atoms with Crippen LogP contribution in [-0.4, -0.2) is 84.7 Å². The highest BCUT2D eigenvalue weighted by molar-refractivity contribution is 5.81. The number of anilines is 1. The number of halogens is 2. The van der Waals surface area contributed by atoms with Crippen molar-refractivity contribution < 1.29 is 8.78 Å². The van der Waals surface area contributed by atoms with E-state index in [4.69, 9.17) is 0 Å². The van der Waals surface area contributed by atoms with Crippen molar-refractivity contribution in [3.8, 4) is 11.4 Å². The van der Waals surface area contributed by atoms with E-state index in [9.17, 15) is 8.78 Å². The quantitative estimate of drug-likeness (QED) is 0.349. The van der Waals surface area contributed by atoms with Crippen molar-refractivity contribution in [2.75, 3.05) is 33.1 Å². The molecule has 0 bridgehead atoms. The number of nitrogens with zero attached hydrogens (tertiary/aromatic N) is 10. The van der Waals surface area contributed by atoms with E-state index >= 15 is 0 Å². The van der Waals surface area contributed by atoms with Gasteiger partial charge in [-0.2, -0.15) is 0 Å². The number of hydrogen-bond donors (Lipinski definition) is 0. The Labute approximate surface area is 224 Å². The number of aliphatic imine (C=N–C) groups is 1. The summed E-state index contributed by atoms with van der Waals surface area (Å²) in [4.78, 5) is 29.0. The fraction of sp³-hybridized carbons (Fsp3) is 0.259. The lowest BCUT2D eigenvalue weighted by atomic mass is 9.94. The fourth-order valence-electron chi connectivity index (χ4n) is 4.28. The monoisotopic (exact) mass is 530 g/mol. The van der Waals surface area contributed by atoms with Crippen LogP contribution in [0.2, 0.25) is 0 Å². The summed E-state index contributed by atoms with van der Waals surface area (Å²) in [5, 5.41) is 0. The largest absolute Gasteiger partial charge is 0.374 e. The lowest BCUT2D eigenvalue weighted by Gasteiger charge is -2.32. The smallest absolute Gasteiger partial charge is 0.234 e. The molecule has 2 unspecified atom stereocenters. The molecule has 1 aliphatic rings. The number of rotatable bonds is 4. The molecular weight excluding hydrogens is 502 g/mol. The molecule has 12 heteroatoms. The Morgan fingerprint density at radius 2 is 1.77 bits per heavy atom. The van der Waals surface area contributed by atoms with Gasteiger partial charge in [0.25, 0.3) is 0 Å². The lowest BCUT2D eigenvalue weighted by Crippen LogP contribution is -2.46. The molecule has 0 fully saturated rings. The third-order valence-electron chi connectivity index (χ3n) is 6.25. The minimum absolute atomic E-state index is 0.315. The molecule has 0 spiro atoms. The van der Waals surface area contributed by atoms with Crippen LogP contribution in [0, 0.1) is 5.82 Å². The number of hydrogen-bond acceptors (Lipinski definition) is 8. The molecular formula is C27H28F2N10. The number of imidazole rings is 2. The third-order valence-corrected chi connectivity index (χ3v) is 6.25. The van der Waals surface area contributed by atoms with Crippen LogP contribution < -0.4 is 4.90 Å². The predicted molar refractivity (Wildman–Crippen MR) is 147 cm³/mol. The maximum absolute atomic E-state index is 14.7. The van der Waals surface area contributed by atoms with E-state index in [1.165, 1.54) is 18.3 Å². The summed E-state index contributed by atoms with van der Waals surface area (Å²) in [5.41, 5.74) is 2.02. The van der Waals surface area contributed by atoms with Crippen molar-refractivity contribution in [1.29, 1.82) is 0 Å². The number of pyridine rings is 1. The Bertz CT molecular complexity index is 1620. The van der Waals surface area contributed by atoms with Crippen LogP contribution in [0.25, 0.3) is 28.5 Å². The van der Waals surface area contributed by atoms with Crippen molar-refractivity contribution in [2.24, 2.45) is 4.99 Å². The van der Waals surface area contributed by atoms with Crippen LogP contribution >= 0.6 is 0 Å². The van der Waals surface area contributed by atoms with E-state index in [0.717, 1.165) is 5.65 Å². The zero-order chi connectivity index (χ0) is 27.7. The van der Waals surface area contributed by atoms with Gasteiger partial charge >= 0.3 is 0 Å². The van der Waals surface area contributed by atoms with Gasteiger partial charge in [-0.25, -0.2) is 28.7 Å². The van der Waals surface area contributed by atoms with E-state index in [2.05, 4.69) is 29.9 Å². The summed E-state index contributed by atoms with van der Waals surface area (Å²) >= 11 is 0. The van der Waals surface area contributed by atoms with Gasteiger partial charge in [0, 0.05) is 57.4 Å². The molecule has 0 aliphatic carbocycles. The molecule has 5 aromatic heterocycles. The second-order valence-electron chi connectivity index (χ2n) is 9.71. The van der Waals surface area contributed by atoms with Crippen molar-refractivity contribution >= 4 is 29.0 Å². The first kappa shape index (κ1) is 26.0. The highest BCUT2D eigenvalue weighted by Crippen LogP contribution is 2.30. The second-order valence-corrected chi connectivity index (χ2v) is 9.71. The maximum atomic E-state index is 14.7. The van der Waals surface area contributed by atoms with Crippen molar-refractivity contribution in [2.45, 2.75) is 18.6 Å². The second kappa shape index (κ2) is 10.3. The Hall–Kier alpha value is -4.58. The SMILES string of the molecule is CN(C)C1C=NC(c2cn3cccnc3n2)=CC1(C)F.CN(C)c1cnc(-c2cn3cnccc3n2)cc1F. The van der Waals surface area contributed by atoms with Gasteiger partial charge in [0.2, 0.25) is 5.78 Å². The molecule has 0 saturated heterocycles. The molecule has 2 atom stereocenters. The summed E-state index contributed by atoms with van der Waals surface area (Å²) in [6.07, 6.45) is 15.1. The summed E-state index contributed by atoms with van der Waals surface area (Å²) in [6.45, 7) is 1.55. The minimum atomic E-state index is -1.48. The average molecular weight is 531 g/mol. The zero-order valence-corrected chi connectivity index (χ0v) is 22.2.